The second kappa shape index (κ2) is 17.6. The van der Waals surface area contributed by atoms with Crippen LogP contribution in [0.1, 0.15) is 75.6 Å². The van der Waals surface area contributed by atoms with Gasteiger partial charge in [-0.3, -0.25) is 14.4 Å². The van der Waals surface area contributed by atoms with Gasteiger partial charge in [0.15, 0.2) is 0 Å². The maximum Gasteiger partial charge on any atom is 0.305 e. The monoisotopic (exact) mass is 524 g/mol. The van der Waals surface area contributed by atoms with Crippen molar-refractivity contribution in [1.29, 1.82) is 0 Å². The van der Waals surface area contributed by atoms with Gasteiger partial charge in [0.05, 0.1) is 21.3 Å². The predicted octanol–water partition coefficient (Wildman–Crippen LogP) is 5.99. The van der Waals surface area contributed by atoms with Gasteiger partial charge in [-0.25, -0.2) is 0 Å². The minimum atomic E-state index is -0.170. The molecule has 1 aromatic carbocycles. The third-order valence-electron chi connectivity index (χ3n) is 6.09. The van der Waals surface area contributed by atoms with Crippen LogP contribution in [-0.2, 0) is 28.6 Å². The maximum absolute atomic E-state index is 11.5. The van der Waals surface area contributed by atoms with E-state index < -0.39 is 0 Å². The van der Waals surface area contributed by atoms with Crippen LogP contribution >= 0.6 is 15.9 Å². The van der Waals surface area contributed by atoms with Crippen LogP contribution in [0.3, 0.4) is 0 Å². The molecule has 0 N–H and O–H groups in total. The Morgan fingerprint density at radius 3 is 1.73 bits per heavy atom. The standard InChI is InChI=1S/C25H38BBrO6/c1-31-23(28)14-5-4-13-22(20-11-10-12-21(27)19-20)26(17-8-6-15-24(29)32-2)18-9-7-16-25(30)33-3/h10-12,19,22H,4-9,13-18H2,1-3H3. The van der Waals surface area contributed by atoms with Crippen LogP contribution in [0.4, 0.5) is 0 Å². The Balaban J connectivity index is 2.87. The third kappa shape index (κ3) is 12.9. The highest BCUT2D eigenvalue weighted by molar-refractivity contribution is 9.10. The molecule has 1 unspecified atom stereocenters. The summed E-state index contributed by atoms with van der Waals surface area (Å²) in [6.45, 7) is 0.424. The van der Waals surface area contributed by atoms with E-state index in [0.29, 0.717) is 31.8 Å². The summed E-state index contributed by atoms with van der Waals surface area (Å²) < 4.78 is 15.4. The fourth-order valence-corrected chi connectivity index (χ4v) is 4.67. The van der Waals surface area contributed by atoms with E-state index in [4.69, 9.17) is 14.2 Å². The number of hydrogen-bond acceptors (Lipinski definition) is 6. The van der Waals surface area contributed by atoms with Gasteiger partial charge in [0.2, 0.25) is 0 Å². The van der Waals surface area contributed by atoms with Gasteiger partial charge >= 0.3 is 17.9 Å². The number of unbranched alkanes of at least 4 members (excludes halogenated alkanes) is 3. The number of hydrogen-bond donors (Lipinski definition) is 0. The van der Waals surface area contributed by atoms with Crippen LogP contribution in [0.2, 0.25) is 12.6 Å². The molecule has 0 aliphatic rings. The van der Waals surface area contributed by atoms with Crippen LogP contribution in [0.5, 0.6) is 0 Å². The Bertz CT molecular complexity index is 703. The molecular weight excluding hydrogens is 487 g/mol. The molecule has 184 valence electrons. The molecule has 8 heteroatoms. The summed E-state index contributed by atoms with van der Waals surface area (Å²) in [5.41, 5.74) is 1.29. The molecule has 1 rings (SSSR count). The van der Waals surface area contributed by atoms with E-state index in [1.807, 2.05) is 6.07 Å². The molecule has 0 saturated heterocycles. The average Bonchev–Trinajstić information content (AvgIpc) is 2.82. The highest BCUT2D eigenvalue weighted by Crippen LogP contribution is 2.33. The summed E-state index contributed by atoms with van der Waals surface area (Å²) in [5.74, 6) is -0.167. The van der Waals surface area contributed by atoms with Crippen molar-refractivity contribution in [2.75, 3.05) is 21.3 Å². The Kier molecular flexibility index (Phi) is 15.6. The molecule has 1 atom stereocenters. The molecule has 6 nitrogen and oxygen atoms in total. The van der Waals surface area contributed by atoms with Crippen molar-refractivity contribution in [3.05, 3.63) is 34.3 Å². The normalized spacial score (nSPS) is 11.5. The van der Waals surface area contributed by atoms with Crippen molar-refractivity contribution in [2.24, 2.45) is 0 Å². The molecule has 0 saturated carbocycles. The van der Waals surface area contributed by atoms with Crippen LogP contribution in [0.25, 0.3) is 0 Å². The number of rotatable bonds is 17. The van der Waals surface area contributed by atoms with Gasteiger partial charge in [-0.1, -0.05) is 71.9 Å². The number of carbonyl (C=O) groups is 3. The van der Waals surface area contributed by atoms with Crippen molar-refractivity contribution in [3.63, 3.8) is 0 Å². The lowest BCUT2D eigenvalue weighted by Gasteiger charge is -2.26. The van der Waals surface area contributed by atoms with E-state index in [9.17, 15) is 14.4 Å². The van der Waals surface area contributed by atoms with Crippen molar-refractivity contribution in [1.82, 2.24) is 0 Å². The molecule has 0 spiro atoms. The van der Waals surface area contributed by atoms with Gasteiger partial charge in [0.25, 0.3) is 0 Å². The van der Waals surface area contributed by atoms with E-state index in [0.717, 1.165) is 62.1 Å². The lowest BCUT2D eigenvalue weighted by Crippen LogP contribution is -2.24. The molecule has 1 aromatic rings. The topological polar surface area (TPSA) is 78.9 Å². The molecule has 33 heavy (non-hydrogen) atoms. The van der Waals surface area contributed by atoms with Crippen LogP contribution in [0, 0.1) is 0 Å². The number of ether oxygens (including phenoxy) is 3. The lowest BCUT2D eigenvalue weighted by atomic mass is 9.34. The van der Waals surface area contributed by atoms with Crippen LogP contribution < -0.4 is 0 Å². The van der Waals surface area contributed by atoms with Gasteiger partial charge in [0, 0.05) is 23.7 Å². The Morgan fingerprint density at radius 2 is 1.27 bits per heavy atom. The Hall–Kier alpha value is -1.83. The molecule has 0 radical (unpaired) electrons. The highest BCUT2D eigenvalue weighted by Gasteiger charge is 2.26. The van der Waals surface area contributed by atoms with E-state index in [1.54, 1.807) is 0 Å². The molecule has 0 bridgehead atoms. The first kappa shape index (κ1) is 29.2. The summed E-state index contributed by atoms with van der Waals surface area (Å²) >= 11 is 3.60. The van der Waals surface area contributed by atoms with Crippen molar-refractivity contribution < 1.29 is 28.6 Å². The predicted molar refractivity (Wildman–Crippen MR) is 134 cm³/mol. The van der Waals surface area contributed by atoms with Crippen LogP contribution in [-0.4, -0.2) is 46.0 Å². The summed E-state index contributed by atoms with van der Waals surface area (Å²) in [7, 11) is 4.26. The van der Waals surface area contributed by atoms with Gasteiger partial charge in [-0.2, -0.15) is 0 Å². The van der Waals surface area contributed by atoms with Crippen molar-refractivity contribution >= 4 is 40.6 Å². The second-order valence-corrected chi connectivity index (χ2v) is 9.30. The Labute approximate surface area is 207 Å². The van der Waals surface area contributed by atoms with Gasteiger partial charge < -0.3 is 14.2 Å². The first-order valence-corrected chi connectivity index (χ1v) is 12.7. The lowest BCUT2D eigenvalue weighted by molar-refractivity contribution is -0.141. The van der Waals surface area contributed by atoms with E-state index in [-0.39, 0.29) is 17.9 Å². The van der Waals surface area contributed by atoms with Gasteiger partial charge in [-0.05, 0) is 37.2 Å². The number of esters is 3. The van der Waals surface area contributed by atoms with Crippen LogP contribution in [0.15, 0.2) is 28.7 Å². The SMILES string of the molecule is COC(=O)CCCCB(CCCCC(=O)OC)C(CCCCC(=O)OC)c1cccc(Br)c1. The molecule has 0 fully saturated rings. The maximum atomic E-state index is 11.5. The number of methoxy groups -OCH3 is 3. The minimum Gasteiger partial charge on any atom is -0.469 e. The zero-order chi connectivity index (χ0) is 24.5. The number of carbonyl (C=O) groups excluding carboxylic acids is 3. The van der Waals surface area contributed by atoms with Gasteiger partial charge in [-0.15, -0.1) is 0 Å². The minimum absolute atomic E-state index is 0.170. The molecule has 0 aromatic heterocycles. The molecular formula is C25H38BBrO6. The first-order chi connectivity index (χ1) is 15.9. The molecule has 0 amide bonds. The molecule has 0 heterocycles. The largest absolute Gasteiger partial charge is 0.469 e. The van der Waals surface area contributed by atoms with E-state index >= 15 is 0 Å². The average molecular weight is 525 g/mol. The fraction of sp³-hybridized carbons (Fsp3) is 0.640. The third-order valence-corrected chi connectivity index (χ3v) is 6.58. The summed E-state index contributed by atoms with van der Waals surface area (Å²) in [4.78, 5) is 34.5. The first-order valence-electron chi connectivity index (χ1n) is 11.9. The smallest absolute Gasteiger partial charge is 0.305 e. The quantitative estimate of drug-likeness (QED) is 0.108. The summed E-state index contributed by atoms with van der Waals surface area (Å²) in [6, 6.07) is 8.44. The second-order valence-electron chi connectivity index (χ2n) is 8.39. The summed E-state index contributed by atoms with van der Waals surface area (Å²) in [6.07, 6.45) is 9.54. The van der Waals surface area contributed by atoms with E-state index in [1.165, 1.54) is 26.9 Å². The molecule has 0 aliphatic heterocycles. The fourth-order valence-electron chi connectivity index (χ4n) is 4.25. The number of halogens is 1. The van der Waals surface area contributed by atoms with E-state index in [2.05, 4.69) is 34.1 Å². The summed E-state index contributed by atoms with van der Waals surface area (Å²) in [5, 5.41) is 0. The zero-order valence-corrected chi connectivity index (χ0v) is 21.9. The highest BCUT2D eigenvalue weighted by atomic mass is 79.9. The van der Waals surface area contributed by atoms with Gasteiger partial charge in [0.1, 0.15) is 6.71 Å². The number of benzene rings is 1. The van der Waals surface area contributed by atoms with Crippen molar-refractivity contribution in [3.8, 4) is 0 Å². The Morgan fingerprint density at radius 1 is 0.788 bits per heavy atom. The molecule has 0 aliphatic carbocycles. The van der Waals surface area contributed by atoms with Crippen molar-refractivity contribution in [2.45, 2.75) is 82.7 Å². The zero-order valence-electron chi connectivity index (χ0n) is 20.3.